The van der Waals surface area contributed by atoms with Gasteiger partial charge in [0, 0.05) is 12.2 Å². The van der Waals surface area contributed by atoms with Crippen molar-refractivity contribution in [1.82, 2.24) is 4.90 Å². The Balaban J connectivity index is 2.07. The molecule has 3 rings (SSSR count). The molecule has 0 saturated carbocycles. The average Bonchev–Trinajstić information content (AvgIpc) is 2.88. The standard InChI is InChI=1S/C21H22N2O3/c1-5-23-20(24)18(15-7-10-17(26-4)11-8-15)19(21(23)25)22-16-9-6-13(2)14(3)12-16/h6-12,22H,5H2,1-4H3. The third kappa shape index (κ3) is 3.08. The van der Waals surface area contributed by atoms with Crippen molar-refractivity contribution in [3.63, 3.8) is 0 Å². The number of nitrogens with zero attached hydrogens (tertiary/aromatic N) is 1. The molecule has 0 fully saturated rings. The minimum atomic E-state index is -0.304. The third-order valence-corrected chi connectivity index (χ3v) is 4.64. The van der Waals surface area contributed by atoms with Gasteiger partial charge in [-0.15, -0.1) is 0 Å². The molecule has 2 aromatic carbocycles. The third-order valence-electron chi connectivity index (χ3n) is 4.64. The Hall–Kier alpha value is -3.08. The molecular formula is C21H22N2O3. The van der Waals surface area contributed by atoms with E-state index in [9.17, 15) is 9.59 Å². The fourth-order valence-corrected chi connectivity index (χ4v) is 2.97. The summed E-state index contributed by atoms with van der Waals surface area (Å²) in [5.74, 6) is 0.109. The Morgan fingerprint density at radius 2 is 1.65 bits per heavy atom. The second-order valence-electron chi connectivity index (χ2n) is 6.26. The van der Waals surface area contributed by atoms with Crippen molar-refractivity contribution in [2.75, 3.05) is 19.0 Å². The molecular weight excluding hydrogens is 328 g/mol. The van der Waals surface area contributed by atoms with Crippen LogP contribution in [-0.2, 0) is 9.59 Å². The lowest BCUT2D eigenvalue weighted by molar-refractivity contribution is -0.136. The maximum absolute atomic E-state index is 12.8. The maximum atomic E-state index is 12.8. The highest BCUT2D eigenvalue weighted by atomic mass is 16.5. The van der Waals surface area contributed by atoms with Gasteiger partial charge in [0.25, 0.3) is 11.8 Å². The van der Waals surface area contributed by atoms with Crippen LogP contribution in [-0.4, -0.2) is 30.4 Å². The summed E-state index contributed by atoms with van der Waals surface area (Å²) < 4.78 is 5.17. The minimum Gasteiger partial charge on any atom is -0.497 e. The smallest absolute Gasteiger partial charge is 0.278 e. The van der Waals surface area contributed by atoms with Crippen LogP contribution < -0.4 is 10.1 Å². The molecule has 0 bridgehead atoms. The Kier molecular flexibility index (Phi) is 4.80. The van der Waals surface area contributed by atoms with Crippen LogP contribution in [0.25, 0.3) is 5.57 Å². The highest BCUT2D eigenvalue weighted by molar-refractivity contribution is 6.36. The lowest BCUT2D eigenvalue weighted by atomic mass is 10.0. The number of likely N-dealkylation sites (N-methyl/N-ethyl adjacent to an activating group) is 1. The summed E-state index contributed by atoms with van der Waals surface area (Å²) in [6, 6.07) is 13.0. The van der Waals surface area contributed by atoms with E-state index in [2.05, 4.69) is 5.32 Å². The molecule has 0 atom stereocenters. The first-order chi connectivity index (χ1) is 12.5. The number of benzene rings is 2. The lowest BCUT2D eigenvalue weighted by Crippen LogP contribution is -2.32. The van der Waals surface area contributed by atoms with Gasteiger partial charge in [-0.2, -0.15) is 0 Å². The molecule has 1 aliphatic heterocycles. The number of aryl methyl sites for hydroxylation is 2. The predicted molar refractivity (Wildman–Crippen MR) is 102 cm³/mol. The second kappa shape index (κ2) is 7.04. The summed E-state index contributed by atoms with van der Waals surface area (Å²) in [6.07, 6.45) is 0. The van der Waals surface area contributed by atoms with Crippen LogP contribution in [0.2, 0.25) is 0 Å². The number of carbonyl (C=O) groups is 2. The van der Waals surface area contributed by atoms with Gasteiger partial charge in [0.1, 0.15) is 11.4 Å². The van der Waals surface area contributed by atoms with Gasteiger partial charge in [-0.05, 0) is 61.7 Å². The van der Waals surface area contributed by atoms with E-state index in [1.807, 2.05) is 32.0 Å². The molecule has 26 heavy (non-hydrogen) atoms. The number of hydrogen-bond acceptors (Lipinski definition) is 4. The van der Waals surface area contributed by atoms with Crippen molar-refractivity contribution < 1.29 is 14.3 Å². The number of carbonyl (C=O) groups excluding carboxylic acids is 2. The molecule has 0 spiro atoms. The largest absolute Gasteiger partial charge is 0.497 e. The van der Waals surface area contributed by atoms with Gasteiger partial charge in [0.2, 0.25) is 0 Å². The van der Waals surface area contributed by atoms with Gasteiger partial charge in [-0.3, -0.25) is 14.5 Å². The first-order valence-electron chi connectivity index (χ1n) is 8.55. The number of imide groups is 1. The molecule has 134 valence electrons. The Bertz CT molecular complexity index is 898. The Morgan fingerprint density at radius 1 is 0.962 bits per heavy atom. The number of hydrogen-bond donors (Lipinski definition) is 1. The van der Waals surface area contributed by atoms with E-state index in [1.165, 1.54) is 10.5 Å². The van der Waals surface area contributed by atoms with Crippen LogP contribution in [0.1, 0.15) is 23.6 Å². The molecule has 0 aromatic heterocycles. The lowest BCUT2D eigenvalue weighted by Gasteiger charge is -2.12. The summed E-state index contributed by atoms with van der Waals surface area (Å²) in [6.45, 7) is 6.17. The predicted octanol–water partition coefficient (Wildman–Crippen LogP) is 3.52. The van der Waals surface area contributed by atoms with Crippen LogP contribution in [0.3, 0.4) is 0 Å². The Labute approximate surface area is 153 Å². The zero-order chi connectivity index (χ0) is 18.8. The number of rotatable bonds is 5. The normalized spacial score (nSPS) is 14.2. The number of nitrogens with one attached hydrogen (secondary N) is 1. The molecule has 5 heteroatoms. The van der Waals surface area contributed by atoms with E-state index in [1.54, 1.807) is 38.3 Å². The molecule has 5 nitrogen and oxygen atoms in total. The molecule has 0 radical (unpaired) electrons. The SMILES string of the molecule is CCN1C(=O)C(Nc2ccc(C)c(C)c2)=C(c2ccc(OC)cc2)C1=O. The summed E-state index contributed by atoms with van der Waals surface area (Å²) in [5.41, 5.74) is 4.46. The van der Waals surface area contributed by atoms with Crippen molar-refractivity contribution in [3.05, 3.63) is 64.9 Å². The summed E-state index contributed by atoms with van der Waals surface area (Å²) in [5, 5.41) is 3.17. The molecule has 2 aromatic rings. The summed E-state index contributed by atoms with van der Waals surface area (Å²) in [7, 11) is 1.59. The van der Waals surface area contributed by atoms with Crippen molar-refractivity contribution in [2.24, 2.45) is 0 Å². The van der Waals surface area contributed by atoms with Crippen LogP contribution in [0.15, 0.2) is 48.2 Å². The summed E-state index contributed by atoms with van der Waals surface area (Å²) in [4.78, 5) is 26.8. The highest BCUT2D eigenvalue weighted by Gasteiger charge is 2.38. The number of ether oxygens (including phenoxy) is 1. The fourth-order valence-electron chi connectivity index (χ4n) is 2.97. The van der Waals surface area contributed by atoms with E-state index >= 15 is 0 Å². The number of amides is 2. The van der Waals surface area contributed by atoms with E-state index < -0.39 is 0 Å². The topological polar surface area (TPSA) is 58.6 Å². The second-order valence-corrected chi connectivity index (χ2v) is 6.26. The van der Waals surface area contributed by atoms with E-state index in [4.69, 9.17) is 4.74 Å². The summed E-state index contributed by atoms with van der Waals surface area (Å²) >= 11 is 0. The fraction of sp³-hybridized carbons (Fsp3) is 0.238. The van der Waals surface area contributed by atoms with E-state index in [0.29, 0.717) is 29.1 Å². The molecule has 1 aliphatic rings. The van der Waals surface area contributed by atoms with Crippen LogP contribution in [0.4, 0.5) is 5.69 Å². The average molecular weight is 350 g/mol. The molecule has 2 amide bonds. The molecule has 1 heterocycles. The Morgan fingerprint density at radius 3 is 2.23 bits per heavy atom. The van der Waals surface area contributed by atoms with Gasteiger partial charge in [0.15, 0.2) is 0 Å². The zero-order valence-corrected chi connectivity index (χ0v) is 15.4. The van der Waals surface area contributed by atoms with Crippen LogP contribution >= 0.6 is 0 Å². The van der Waals surface area contributed by atoms with Crippen LogP contribution in [0.5, 0.6) is 5.75 Å². The number of anilines is 1. The quantitative estimate of drug-likeness (QED) is 0.838. The van der Waals surface area contributed by atoms with Gasteiger partial charge in [-0.1, -0.05) is 18.2 Å². The van der Waals surface area contributed by atoms with Crippen molar-refractivity contribution in [2.45, 2.75) is 20.8 Å². The van der Waals surface area contributed by atoms with Gasteiger partial charge >= 0.3 is 0 Å². The highest BCUT2D eigenvalue weighted by Crippen LogP contribution is 2.31. The monoisotopic (exact) mass is 350 g/mol. The first-order valence-corrected chi connectivity index (χ1v) is 8.55. The van der Waals surface area contributed by atoms with Crippen molar-refractivity contribution in [1.29, 1.82) is 0 Å². The first kappa shape index (κ1) is 17.7. The molecule has 1 N–H and O–H groups in total. The van der Waals surface area contributed by atoms with Crippen molar-refractivity contribution >= 4 is 23.1 Å². The molecule has 0 aliphatic carbocycles. The maximum Gasteiger partial charge on any atom is 0.278 e. The van der Waals surface area contributed by atoms with E-state index in [-0.39, 0.29) is 11.8 Å². The molecule has 0 unspecified atom stereocenters. The minimum absolute atomic E-state index is 0.283. The van der Waals surface area contributed by atoms with Gasteiger partial charge in [-0.25, -0.2) is 0 Å². The van der Waals surface area contributed by atoms with Gasteiger partial charge in [0.05, 0.1) is 12.7 Å². The van der Waals surface area contributed by atoms with Crippen LogP contribution in [0, 0.1) is 13.8 Å². The molecule has 0 saturated heterocycles. The number of methoxy groups -OCH3 is 1. The van der Waals surface area contributed by atoms with Crippen molar-refractivity contribution in [3.8, 4) is 5.75 Å². The van der Waals surface area contributed by atoms with E-state index in [0.717, 1.165) is 11.3 Å². The van der Waals surface area contributed by atoms with Gasteiger partial charge < -0.3 is 10.1 Å². The zero-order valence-electron chi connectivity index (χ0n) is 15.4.